The van der Waals surface area contributed by atoms with E-state index in [4.69, 9.17) is 11.6 Å². The van der Waals surface area contributed by atoms with Crippen molar-refractivity contribution in [2.24, 2.45) is 0 Å². The average molecular weight is 290 g/mol. The molecule has 1 aromatic heterocycles. The minimum atomic E-state index is -0.529. The van der Waals surface area contributed by atoms with Gasteiger partial charge in [0.05, 0.1) is 7.11 Å². The number of methoxy groups -OCH3 is 1. The van der Waals surface area contributed by atoms with Gasteiger partial charge in [-0.15, -0.1) is 0 Å². The number of anilines is 1. The molecule has 2 heterocycles. The topological polar surface area (TPSA) is 80.3 Å². The molecule has 2 rings (SSSR count). The number of hydrogen-bond acceptors (Lipinski definition) is 6. The van der Waals surface area contributed by atoms with Crippen molar-refractivity contribution < 1.29 is 14.3 Å². The van der Waals surface area contributed by atoms with Crippen molar-refractivity contribution in [2.45, 2.75) is 18.9 Å². The van der Waals surface area contributed by atoms with Crippen molar-refractivity contribution in [3.05, 3.63) is 10.0 Å². The molecule has 0 spiro atoms. The first-order valence-corrected chi connectivity index (χ1v) is 6.60. The molecule has 1 atom stereocenters. The van der Waals surface area contributed by atoms with Crippen molar-refractivity contribution in [3.8, 4) is 0 Å². The molecule has 0 aromatic carbocycles. The van der Waals surface area contributed by atoms with Gasteiger partial charge in [-0.2, -0.15) is 0 Å². The summed E-state index contributed by atoms with van der Waals surface area (Å²) in [5.74, 6) is -0.592. The van der Waals surface area contributed by atoms with Crippen molar-refractivity contribution in [3.63, 3.8) is 0 Å². The second kappa shape index (κ2) is 5.53. The Morgan fingerprint density at radius 2 is 2.44 bits per heavy atom. The van der Waals surface area contributed by atoms with Crippen LogP contribution in [0.1, 0.15) is 22.5 Å². The second-order valence-corrected chi connectivity index (χ2v) is 5.12. The van der Waals surface area contributed by atoms with Gasteiger partial charge in [-0.25, -0.2) is 9.78 Å². The SMILES string of the molecule is COC(=O)c1sc(NC2CCCNC2=O)nc1Cl. The number of thiazole rings is 1. The van der Waals surface area contributed by atoms with Crippen LogP contribution in [0, 0.1) is 0 Å². The van der Waals surface area contributed by atoms with E-state index in [1.165, 1.54) is 7.11 Å². The third-order valence-electron chi connectivity index (χ3n) is 2.54. The Hall–Kier alpha value is -1.34. The Labute approximate surface area is 113 Å². The summed E-state index contributed by atoms with van der Waals surface area (Å²) in [6.07, 6.45) is 1.64. The van der Waals surface area contributed by atoms with Crippen molar-refractivity contribution in [1.29, 1.82) is 0 Å². The van der Waals surface area contributed by atoms with Crippen LogP contribution in [0.15, 0.2) is 0 Å². The van der Waals surface area contributed by atoms with E-state index >= 15 is 0 Å². The van der Waals surface area contributed by atoms with Gasteiger partial charge in [-0.1, -0.05) is 22.9 Å². The maximum atomic E-state index is 11.6. The molecule has 2 N–H and O–H groups in total. The molecule has 1 aromatic rings. The van der Waals surface area contributed by atoms with Crippen LogP contribution in [0.3, 0.4) is 0 Å². The largest absolute Gasteiger partial charge is 0.465 e. The Morgan fingerprint density at radius 1 is 1.67 bits per heavy atom. The highest BCUT2D eigenvalue weighted by Crippen LogP contribution is 2.28. The Kier molecular flexibility index (Phi) is 4.03. The van der Waals surface area contributed by atoms with Crippen LogP contribution in [0.5, 0.6) is 0 Å². The summed E-state index contributed by atoms with van der Waals surface area (Å²) >= 11 is 6.91. The third-order valence-corrected chi connectivity index (χ3v) is 3.89. The number of rotatable bonds is 3. The lowest BCUT2D eigenvalue weighted by Crippen LogP contribution is -2.44. The third kappa shape index (κ3) is 2.73. The molecule has 6 nitrogen and oxygen atoms in total. The van der Waals surface area contributed by atoms with E-state index in [2.05, 4.69) is 20.4 Å². The Balaban J connectivity index is 2.10. The molecule has 0 aliphatic carbocycles. The number of amides is 1. The zero-order valence-corrected chi connectivity index (χ0v) is 11.2. The fourth-order valence-electron chi connectivity index (χ4n) is 1.64. The van der Waals surface area contributed by atoms with Gasteiger partial charge < -0.3 is 15.4 Å². The lowest BCUT2D eigenvalue weighted by Gasteiger charge is -2.22. The van der Waals surface area contributed by atoms with Crippen LogP contribution >= 0.6 is 22.9 Å². The van der Waals surface area contributed by atoms with Gasteiger partial charge in [0.15, 0.2) is 15.2 Å². The maximum Gasteiger partial charge on any atom is 0.351 e. The number of nitrogens with zero attached hydrogens (tertiary/aromatic N) is 1. The van der Waals surface area contributed by atoms with Crippen molar-refractivity contribution in [2.75, 3.05) is 19.0 Å². The number of carbonyl (C=O) groups is 2. The summed E-state index contributed by atoms with van der Waals surface area (Å²) in [7, 11) is 1.28. The van der Waals surface area contributed by atoms with Crippen LogP contribution in [-0.2, 0) is 9.53 Å². The quantitative estimate of drug-likeness (QED) is 0.819. The fourth-order valence-corrected chi connectivity index (χ4v) is 2.80. The molecule has 1 aliphatic heterocycles. The van der Waals surface area contributed by atoms with Crippen LogP contribution in [0.25, 0.3) is 0 Å². The maximum absolute atomic E-state index is 11.6. The summed E-state index contributed by atoms with van der Waals surface area (Å²) in [6, 6.07) is -0.327. The number of esters is 1. The highest BCUT2D eigenvalue weighted by molar-refractivity contribution is 7.18. The molecule has 0 radical (unpaired) electrons. The molecule has 1 aliphatic rings. The van der Waals surface area contributed by atoms with Crippen molar-refractivity contribution in [1.82, 2.24) is 10.3 Å². The van der Waals surface area contributed by atoms with Crippen LogP contribution in [-0.4, -0.2) is 36.6 Å². The normalized spacial score (nSPS) is 19.2. The number of carbonyl (C=O) groups excluding carboxylic acids is 2. The van der Waals surface area contributed by atoms with E-state index < -0.39 is 5.97 Å². The Morgan fingerprint density at radius 3 is 3.11 bits per heavy atom. The van der Waals surface area contributed by atoms with E-state index in [0.717, 1.165) is 24.2 Å². The molecule has 0 bridgehead atoms. The Bertz CT molecular complexity index is 477. The molecule has 1 fully saturated rings. The van der Waals surface area contributed by atoms with Crippen LogP contribution in [0.4, 0.5) is 5.13 Å². The van der Waals surface area contributed by atoms with Gasteiger partial charge in [0.1, 0.15) is 6.04 Å². The van der Waals surface area contributed by atoms with E-state index in [0.29, 0.717) is 11.7 Å². The number of aromatic nitrogens is 1. The minimum Gasteiger partial charge on any atom is -0.465 e. The average Bonchev–Trinajstić information content (AvgIpc) is 2.72. The van der Waals surface area contributed by atoms with E-state index in [9.17, 15) is 9.59 Å². The molecule has 1 saturated heterocycles. The predicted octanol–water partition coefficient (Wildman–Crippen LogP) is 1.27. The number of hydrogen-bond donors (Lipinski definition) is 2. The molecule has 98 valence electrons. The van der Waals surface area contributed by atoms with Crippen LogP contribution in [0.2, 0.25) is 5.15 Å². The van der Waals surface area contributed by atoms with E-state index in [-0.39, 0.29) is 22.0 Å². The highest BCUT2D eigenvalue weighted by Gasteiger charge is 2.24. The smallest absolute Gasteiger partial charge is 0.351 e. The number of nitrogens with one attached hydrogen (secondary N) is 2. The lowest BCUT2D eigenvalue weighted by atomic mass is 10.1. The first kappa shape index (κ1) is 13.1. The van der Waals surface area contributed by atoms with Gasteiger partial charge in [0, 0.05) is 6.54 Å². The number of ether oxygens (including phenoxy) is 1. The molecule has 18 heavy (non-hydrogen) atoms. The molecular weight excluding hydrogens is 278 g/mol. The molecule has 1 amide bonds. The van der Waals surface area contributed by atoms with Crippen molar-refractivity contribution >= 4 is 39.9 Å². The minimum absolute atomic E-state index is 0.0628. The standard InChI is InChI=1S/C10H12ClN3O3S/c1-17-9(16)6-7(11)14-10(18-6)13-5-3-2-4-12-8(5)15/h5H,2-4H2,1H3,(H,12,15)(H,13,14). The second-order valence-electron chi connectivity index (χ2n) is 3.76. The van der Waals surface area contributed by atoms with Gasteiger partial charge in [0.25, 0.3) is 0 Å². The van der Waals surface area contributed by atoms with E-state index in [1.54, 1.807) is 0 Å². The number of piperidine rings is 1. The number of halogens is 1. The van der Waals surface area contributed by atoms with Crippen LogP contribution < -0.4 is 10.6 Å². The van der Waals surface area contributed by atoms with Gasteiger partial charge in [-0.3, -0.25) is 4.79 Å². The molecule has 8 heteroatoms. The lowest BCUT2D eigenvalue weighted by molar-refractivity contribution is -0.123. The fraction of sp³-hybridized carbons (Fsp3) is 0.500. The first-order chi connectivity index (χ1) is 8.61. The molecule has 0 saturated carbocycles. The summed E-state index contributed by atoms with van der Waals surface area (Å²) in [4.78, 5) is 27.2. The summed E-state index contributed by atoms with van der Waals surface area (Å²) in [6.45, 7) is 0.697. The molecular formula is C10H12ClN3O3S. The molecule has 1 unspecified atom stereocenters. The van der Waals surface area contributed by atoms with E-state index in [1.807, 2.05) is 0 Å². The summed E-state index contributed by atoms with van der Waals surface area (Å²) < 4.78 is 4.58. The highest BCUT2D eigenvalue weighted by atomic mass is 35.5. The van der Waals surface area contributed by atoms with Gasteiger partial charge in [0.2, 0.25) is 5.91 Å². The predicted molar refractivity (Wildman–Crippen MR) is 68.1 cm³/mol. The van der Waals surface area contributed by atoms with Gasteiger partial charge >= 0.3 is 5.97 Å². The van der Waals surface area contributed by atoms with Gasteiger partial charge in [-0.05, 0) is 12.8 Å². The first-order valence-electron chi connectivity index (χ1n) is 5.40. The summed E-state index contributed by atoms with van der Waals surface area (Å²) in [5.41, 5.74) is 0. The zero-order valence-electron chi connectivity index (χ0n) is 9.66. The summed E-state index contributed by atoms with van der Waals surface area (Å²) in [5, 5.41) is 6.27. The zero-order chi connectivity index (χ0) is 13.1. The monoisotopic (exact) mass is 289 g/mol.